The first-order valence-corrected chi connectivity index (χ1v) is 7.99. The lowest BCUT2D eigenvalue weighted by molar-refractivity contribution is -0.116. The molecule has 0 spiro atoms. The molecular formula is C18H17N3O5. The summed E-state index contributed by atoms with van der Waals surface area (Å²) < 4.78 is 11.3. The van der Waals surface area contributed by atoms with Gasteiger partial charge in [-0.2, -0.15) is 0 Å². The van der Waals surface area contributed by atoms with Crippen LogP contribution >= 0.6 is 0 Å². The largest absolute Gasteiger partial charge is 0.459 e. The molecule has 0 unspecified atom stereocenters. The molecule has 0 bridgehead atoms. The first kappa shape index (κ1) is 17.4. The number of oxazole rings is 1. The van der Waals surface area contributed by atoms with Gasteiger partial charge < -0.3 is 14.5 Å². The van der Waals surface area contributed by atoms with Crippen LogP contribution in [0.15, 0.2) is 51.8 Å². The zero-order chi connectivity index (χ0) is 18.7. The zero-order valence-corrected chi connectivity index (χ0v) is 14.3. The lowest BCUT2D eigenvalue weighted by Gasteiger charge is -2.09. The molecule has 0 atom stereocenters. The predicted octanol–water partition coefficient (Wildman–Crippen LogP) is 2.19. The van der Waals surface area contributed by atoms with E-state index in [1.54, 1.807) is 50.2 Å². The molecule has 2 heterocycles. The Morgan fingerprint density at radius 2 is 1.96 bits per heavy atom. The van der Waals surface area contributed by atoms with Crippen LogP contribution in [0.2, 0.25) is 0 Å². The van der Waals surface area contributed by atoms with Crippen LogP contribution < -0.4 is 11.1 Å². The van der Waals surface area contributed by atoms with E-state index in [1.807, 2.05) is 0 Å². The van der Waals surface area contributed by atoms with E-state index >= 15 is 0 Å². The van der Waals surface area contributed by atoms with Gasteiger partial charge in [0.2, 0.25) is 5.91 Å². The van der Waals surface area contributed by atoms with E-state index in [-0.39, 0.29) is 12.6 Å². The van der Waals surface area contributed by atoms with E-state index in [0.29, 0.717) is 22.5 Å². The van der Waals surface area contributed by atoms with Crippen LogP contribution in [-0.2, 0) is 16.1 Å². The maximum absolute atomic E-state index is 12.2. The molecule has 1 amide bonds. The van der Waals surface area contributed by atoms with Gasteiger partial charge in [0.05, 0.1) is 11.7 Å². The van der Waals surface area contributed by atoms with Crippen molar-refractivity contribution in [3.05, 3.63) is 58.7 Å². The van der Waals surface area contributed by atoms with Crippen LogP contribution in [0.4, 0.5) is 5.69 Å². The van der Waals surface area contributed by atoms with Gasteiger partial charge in [-0.05, 0) is 50.2 Å². The van der Waals surface area contributed by atoms with E-state index in [0.717, 1.165) is 4.57 Å². The Morgan fingerprint density at radius 1 is 1.23 bits per heavy atom. The predicted molar refractivity (Wildman–Crippen MR) is 93.9 cm³/mol. The van der Waals surface area contributed by atoms with Crippen molar-refractivity contribution in [1.82, 2.24) is 9.55 Å². The van der Waals surface area contributed by atoms with Gasteiger partial charge in [-0.1, -0.05) is 0 Å². The smallest absolute Gasteiger partial charge is 0.421 e. The molecule has 2 aromatic heterocycles. The maximum atomic E-state index is 12.2. The van der Waals surface area contributed by atoms with Gasteiger partial charge in [-0.15, -0.1) is 0 Å². The minimum Gasteiger partial charge on any atom is -0.459 e. The normalized spacial score (nSPS) is 10.9. The Morgan fingerprint density at radius 3 is 2.65 bits per heavy atom. The monoisotopic (exact) mass is 355 g/mol. The molecular weight excluding hydrogens is 338 g/mol. The summed E-state index contributed by atoms with van der Waals surface area (Å²) in [6.45, 7) is 3.30. The number of benzene rings is 1. The number of rotatable bonds is 5. The Balaban J connectivity index is 1.69. The lowest BCUT2D eigenvalue weighted by atomic mass is 10.2. The highest BCUT2D eigenvalue weighted by atomic mass is 16.5. The number of anilines is 1. The Labute approximate surface area is 148 Å². The Kier molecular flexibility index (Phi) is 4.83. The number of esters is 1. The summed E-state index contributed by atoms with van der Waals surface area (Å²) in [6.07, 6.45) is 1.30. The summed E-state index contributed by atoms with van der Waals surface area (Å²) in [5, 5.41) is 2.66. The fraction of sp³-hybridized carbons (Fsp3) is 0.222. The van der Waals surface area contributed by atoms with Crippen LogP contribution in [0.5, 0.6) is 0 Å². The van der Waals surface area contributed by atoms with Crippen LogP contribution in [0.1, 0.15) is 24.2 Å². The second-order valence-electron chi connectivity index (χ2n) is 5.86. The van der Waals surface area contributed by atoms with E-state index in [9.17, 15) is 14.4 Å². The first-order chi connectivity index (χ1) is 12.4. The average Bonchev–Trinajstić information content (AvgIpc) is 2.90. The number of nitrogens with zero attached hydrogens (tertiary/aromatic N) is 2. The molecule has 3 rings (SSSR count). The Bertz CT molecular complexity index is 1000. The molecule has 1 aromatic carbocycles. The number of pyridine rings is 1. The van der Waals surface area contributed by atoms with Crippen molar-refractivity contribution in [3.8, 4) is 0 Å². The van der Waals surface area contributed by atoms with Crippen molar-refractivity contribution in [1.29, 1.82) is 0 Å². The molecule has 26 heavy (non-hydrogen) atoms. The van der Waals surface area contributed by atoms with Crippen molar-refractivity contribution in [2.24, 2.45) is 0 Å². The minimum atomic E-state index is -0.652. The summed E-state index contributed by atoms with van der Waals surface area (Å²) in [4.78, 5) is 39.9. The number of amides is 1. The number of carbonyl (C=O) groups is 2. The van der Waals surface area contributed by atoms with Crippen LogP contribution in [0, 0.1) is 0 Å². The highest BCUT2D eigenvalue weighted by Gasteiger charge is 2.14. The molecule has 134 valence electrons. The van der Waals surface area contributed by atoms with Crippen LogP contribution in [0.3, 0.4) is 0 Å². The van der Waals surface area contributed by atoms with Crippen molar-refractivity contribution < 1.29 is 18.7 Å². The third kappa shape index (κ3) is 3.80. The fourth-order valence-corrected chi connectivity index (χ4v) is 2.36. The van der Waals surface area contributed by atoms with Crippen LogP contribution in [-0.4, -0.2) is 27.5 Å². The zero-order valence-electron chi connectivity index (χ0n) is 14.3. The Hall–Kier alpha value is -3.42. The molecule has 8 heteroatoms. The van der Waals surface area contributed by atoms with Gasteiger partial charge in [-0.25, -0.2) is 19.1 Å². The van der Waals surface area contributed by atoms with E-state index in [2.05, 4.69) is 10.3 Å². The number of hydrogen-bond donors (Lipinski definition) is 1. The standard InChI is InChI=1S/C18H17N3O5/c1-11(2)25-17(23)12-5-7-13(8-6-12)20-15(22)10-21-16-14(26-18(21)24)4-3-9-19-16/h3-9,11H,10H2,1-2H3,(H,20,22). The molecule has 8 nitrogen and oxygen atoms in total. The van der Waals surface area contributed by atoms with Crippen molar-refractivity contribution >= 4 is 28.8 Å². The molecule has 0 saturated heterocycles. The second-order valence-corrected chi connectivity index (χ2v) is 5.86. The summed E-state index contributed by atoms with van der Waals surface area (Å²) in [6, 6.07) is 9.53. The van der Waals surface area contributed by atoms with Crippen LogP contribution in [0.25, 0.3) is 11.2 Å². The molecule has 0 aliphatic carbocycles. The summed E-state index contributed by atoms with van der Waals surface area (Å²) in [7, 11) is 0. The number of fused-ring (bicyclic) bond motifs is 1. The van der Waals surface area contributed by atoms with Crippen molar-refractivity contribution in [2.75, 3.05) is 5.32 Å². The minimum absolute atomic E-state index is 0.210. The van der Waals surface area contributed by atoms with E-state index in [1.165, 1.54) is 6.20 Å². The molecule has 0 radical (unpaired) electrons. The molecule has 0 aliphatic rings. The summed E-state index contributed by atoms with van der Waals surface area (Å²) in [5.41, 5.74) is 1.50. The molecule has 3 aromatic rings. The lowest BCUT2D eigenvalue weighted by Crippen LogP contribution is -2.25. The SMILES string of the molecule is CC(C)OC(=O)c1ccc(NC(=O)Cn2c(=O)oc3cccnc32)cc1. The highest BCUT2D eigenvalue weighted by molar-refractivity contribution is 5.93. The van der Waals surface area contributed by atoms with E-state index < -0.39 is 17.6 Å². The average molecular weight is 355 g/mol. The second kappa shape index (κ2) is 7.22. The van der Waals surface area contributed by atoms with Gasteiger partial charge >= 0.3 is 11.7 Å². The number of carbonyl (C=O) groups excluding carboxylic acids is 2. The maximum Gasteiger partial charge on any atom is 0.421 e. The number of nitrogens with one attached hydrogen (secondary N) is 1. The fourth-order valence-electron chi connectivity index (χ4n) is 2.36. The van der Waals surface area contributed by atoms with Gasteiger partial charge in [0, 0.05) is 11.9 Å². The first-order valence-electron chi connectivity index (χ1n) is 7.99. The third-order valence-corrected chi connectivity index (χ3v) is 3.47. The van der Waals surface area contributed by atoms with E-state index in [4.69, 9.17) is 9.15 Å². The highest BCUT2D eigenvalue weighted by Crippen LogP contribution is 2.12. The quantitative estimate of drug-likeness (QED) is 0.704. The van der Waals surface area contributed by atoms with Gasteiger partial charge in [0.1, 0.15) is 6.54 Å². The van der Waals surface area contributed by atoms with Gasteiger partial charge in [0.15, 0.2) is 11.2 Å². The topological polar surface area (TPSA) is 103 Å². The number of hydrogen-bond acceptors (Lipinski definition) is 6. The molecule has 0 fully saturated rings. The van der Waals surface area contributed by atoms with Gasteiger partial charge in [-0.3, -0.25) is 4.79 Å². The summed E-state index contributed by atoms with van der Waals surface area (Å²) in [5.74, 6) is -1.50. The molecule has 1 N–H and O–H groups in total. The molecule has 0 saturated carbocycles. The third-order valence-electron chi connectivity index (χ3n) is 3.47. The van der Waals surface area contributed by atoms with Crippen molar-refractivity contribution in [3.63, 3.8) is 0 Å². The van der Waals surface area contributed by atoms with Crippen molar-refractivity contribution in [2.45, 2.75) is 26.5 Å². The molecule has 0 aliphatic heterocycles. The number of aromatic nitrogens is 2. The summed E-state index contributed by atoms with van der Waals surface area (Å²) >= 11 is 0. The van der Waals surface area contributed by atoms with Gasteiger partial charge in [0.25, 0.3) is 0 Å². The number of ether oxygens (including phenoxy) is 1.